The second-order valence-corrected chi connectivity index (χ2v) is 8.59. The van der Waals surface area contributed by atoms with Gasteiger partial charge in [0.05, 0.1) is 12.6 Å². The summed E-state index contributed by atoms with van der Waals surface area (Å²) in [5.41, 5.74) is 2.20. The van der Waals surface area contributed by atoms with Crippen molar-refractivity contribution in [2.75, 3.05) is 11.9 Å². The summed E-state index contributed by atoms with van der Waals surface area (Å²) >= 11 is 0. The monoisotopic (exact) mass is 473 g/mol. The number of ketones is 1. The van der Waals surface area contributed by atoms with E-state index >= 15 is 0 Å². The van der Waals surface area contributed by atoms with Gasteiger partial charge in [-0.05, 0) is 60.0 Å². The molecule has 3 N–H and O–H groups in total. The number of unbranched alkanes of at least 4 members (excludes halogenated alkanes) is 1. The van der Waals surface area contributed by atoms with Gasteiger partial charge in [-0.1, -0.05) is 50.1 Å². The molecule has 1 unspecified atom stereocenters. The summed E-state index contributed by atoms with van der Waals surface area (Å²) in [6.45, 7) is 5.01. The summed E-state index contributed by atoms with van der Waals surface area (Å²) in [5.74, 6) is -1.14. The first-order valence-electron chi connectivity index (χ1n) is 11.8. The number of Topliss-reactive ketones (excluding diaryl/α,β-unsaturated/α-hetero) is 1. The molecule has 0 bridgehead atoms. The Labute approximate surface area is 205 Å². The third kappa shape index (κ3) is 6.99. The van der Waals surface area contributed by atoms with E-state index in [1.54, 1.807) is 31.2 Å². The van der Waals surface area contributed by atoms with Gasteiger partial charge >= 0.3 is 0 Å². The number of carbonyl (C=O) groups excluding carboxylic acids is 4. The molecule has 0 spiro atoms. The summed E-state index contributed by atoms with van der Waals surface area (Å²) in [6.07, 6.45) is 2.15. The van der Waals surface area contributed by atoms with Gasteiger partial charge in [-0.25, -0.2) is 0 Å². The fourth-order valence-corrected chi connectivity index (χ4v) is 3.82. The maximum Gasteiger partial charge on any atom is 0.255 e. The molecule has 0 radical (unpaired) electrons. The number of hydrogen-bond acceptors (Lipinski definition) is 4. The van der Waals surface area contributed by atoms with Crippen molar-refractivity contribution < 1.29 is 19.2 Å². The highest BCUT2D eigenvalue weighted by atomic mass is 16.2. The molecule has 0 aliphatic carbocycles. The van der Waals surface area contributed by atoms with Gasteiger partial charge in [0.15, 0.2) is 5.78 Å². The van der Waals surface area contributed by atoms with Gasteiger partial charge in [-0.3, -0.25) is 19.2 Å². The fraction of sp³-hybridized carbons (Fsp3) is 0.286. The highest BCUT2D eigenvalue weighted by Crippen LogP contribution is 2.19. The molecule has 182 valence electrons. The normalized spacial score (nSPS) is 11.5. The Morgan fingerprint density at radius 3 is 2.31 bits per heavy atom. The molecular weight excluding hydrogens is 442 g/mol. The van der Waals surface area contributed by atoms with Crippen molar-refractivity contribution in [2.45, 2.75) is 46.1 Å². The lowest BCUT2D eigenvalue weighted by molar-refractivity contribution is -0.124. The zero-order chi connectivity index (χ0) is 25.4. The predicted octanol–water partition coefficient (Wildman–Crippen LogP) is 4.39. The average Bonchev–Trinajstić information content (AvgIpc) is 2.84. The summed E-state index contributed by atoms with van der Waals surface area (Å²) in [5, 5.41) is 10.2. The first-order valence-corrected chi connectivity index (χ1v) is 11.8. The van der Waals surface area contributed by atoms with Crippen molar-refractivity contribution in [1.29, 1.82) is 0 Å². The first-order chi connectivity index (χ1) is 16.8. The van der Waals surface area contributed by atoms with E-state index in [2.05, 4.69) is 16.0 Å². The van der Waals surface area contributed by atoms with E-state index in [4.69, 9.17) is 0 Å². The van der Waals surface area contributed by atoms with Crippen molar-refractivity contribution in [2.24, 2.45) is 0 Å². The minimum Gasteiger partial charge on any atom is -0.349 e. The maximum absolute atomic E-state index is 12.9. The molecule has 0 saturated heterocycles. The Morgan fingerprint density at radius 1 is 0.886 bits per heavy atom. The third-order valence-corrected chi connectivity index (χ3v) is 5.79. The number of benzene rings is 3. The van der Waals surface area contributed by atoms with Crippen LogP contribution >= 0.6 is 0 Å². The first kappa shape index (κ1) is 25.6. The smallest absolute Gasteiger partial charge is 0.255 e. The lowest BCUT2D eigenvalue weighted by Gasteiger charge is -2.18. The van der Waals surface area contributed by atoms with E-state index in [0.717, 1.165) is 23.6 Å². The van der Waals surface area contributed by atoms with Crippen molar-refractivity contribution in [3.63, 3.8) is 0 Å². The van der Waals surface area contributed by atoms with Gasteiger partial charge in [0.2, 0.25) is 5.91 Å². The molecular formula is C28H31N3O4. The number of fused-ring (bicyclic) bond motifs is 1. The number of carbonyl (C=O) groups is 4. The van der Waals surface area contributed by atoms with Crippen LogP contribution in [-0.2, 0) is 9.59 Å². The van der Waals surface area contributed by atoms with Gasteiger partial charge in [-0.15, -0.1) is 0 Å². The van der Waals surface area contributed by atoms with E-state index in [9.17, 15) is 19.2 Å². The average molecular weight is 474 g/mol. The molecule has 1 atom stereocenters. The van der Waals surface area contributed by atoms with Crippen LogP contribution in [0.15, 0.2) is 60.7 Å². The topological polar surface area (TPSA) is 104 Å². The fourth-order valence-electron chi connectivity index (χ4n) is 3.82. The lowest BCUT2D eigenvalue weighted by atomic mass is 10.0. The van der Waals surface area contributed by atoms with Crippen molar-refractivity contribution >= 4 is 40.0 Å². The zero-order valence-corrected chi connectivity index (χ0v) is 20.3. The van der Waals surface area contributed by atoms with Crippen LogP contribution in [0.2, 0.25) is 0 Å². The highest BCUT2D eigenvalue weighted by Gasteiger charge is 2.22. The van der Waals surface area contributed by atoms with Gasteiger partial charge in [0.25, 0.3) is 11.8 Å². The number of rotatable bonds is 10. The Bertz CT molecular complexity index is 1250. The van der Waals surface area contributed by atoms with Crippen LogP contribution in [0, 0.1) is 6.92 Å². The van der Waals surface area contributed by atoms with Crippen LogP contribution < -0.4 is 16.0 Å². The summed E-state index contributed by atoms with van der Waals surface area (Å²) < 4.78 is 0. The predicted molar refractivity (Wildman–Crippen MR) is 138 cm³/mol. The van der Waals surface area contributed by atoms with Gasteiger partial charge < -0.3 is 16.0 Å². The molecule has 0 aliphatic heterocycles. The second-order valence-electron chi connectivity index (χ2n) is 8.59. The quantitative estimate of drug-likeness (QED) is 0.406. The Morgan fingerprint density at radius 2 is 1.63 bits per heavy atom. The zero-order valence-electron chi connectivity index (χ0n) is 20.3. The minimum absolute atomic E-state index is 0.122. The van der Waals surface area contributed by atoms with E-state index in [1.807, 2.05) is 43.3 Å². The van der Waals surface area contributed by atoms with Crippen LogP contribution in [0.1, 0.15) is 59.4 Å². The molecule has 7 heteroatoms. The molecule has 3 aromatic carbocycles. The second kappa shape index (κ2) is 11.9. The molecule has 7 nitrogen and oxygen atoms in total. The standard InChI is InChI=1S/C28H31N3O4/c1-4-5-10-25(26(33)17-29-19(3)32)31-28(35)24-14-13-23(15-18(24)2)30-27(34)22-12-11-20-8-6-7-9-21(20)16-22/h6-9,11-16,25H,4-5,10,17H2,1-3H3,(H,29,32)(H,30,34)(H,31,35). The molecule has 3 aromatic rings. The largest absolute Gasteiger partial charge is 0.349 e. The van der Waals surface area contributed by atoms with Crippen LogP contribution in [-0.4, -0.2) is 36.1 Å². The van der Waals surface area contributed by atoms with Gasteiger partial charge in [0.1, 0.15) is 0 Å². The van der Waals surface area contributed by atoms with E-state index in [-0.39, 0.29) is 30.0 Å². The maximum atomic E-state index is 12.9. The molecule has 3 rings (SSSR count). The Kier molecular flexibility index (Phi) is 8.73. The van der Waals surface area contributed by atoms with Gasteiger partial charge in [0, 0.05) is 23.7 Å². The van der Waals surface area contributed by atoms with Crippen LogP contribution in [0.3, 0.4) is 0 Å². The molecule has 0 fully saturated rings. The number of hydrogen-bond donors (Lipinski definition) is 3. The summed E-state index contributed by atoms with van der Waals surface area (Å²) in [4.78, 5) is 49.4. The third-order valence-electron chi connectivity index (χ3n) is 5.79. The van der Waals surface area contributed by atoms with Gasteiger partial charge in [-0.2, -0.15) is 0 Å². The van der Waals surface area contributed by atoms with Crippen LogP contribution in [0.4, 0.5) is 5.69 Å². The van der Waals surface area contributed by atoms with Crippen LogP contribution in [0.5, 0.6) is 0 Å². The van der Waals surface area contributed by atoms with Crippen molar-refractivity contribution in [1.82, 2.24) is 10.6 Å². The van der Waals surface area contributed by atoms with Crippen molar-refractivity contribution in [3.05, 3.63) is 77.4 Å². The number of aryl methyl sites for hydroxylation is 1. The molecule has 0 aliphatic rings. The highest BCUT2D eigenvalue weighted by molar-refractivity contribution is 6.07. The molecule has 0 saturated carbocycles. The Balaban J connectivity index is 1.69. The number of amides is 3. The number of nitrogens with one attached hydrogen (secondary N) is 3. The van der Waals surface area contributed by atoms with E-state index in [0.29, 0.717) is 28.8 Å². The summed E-state index contributed by atoms with van der Waals surface area (Å²) in [7, 11) is 0. The molecule has 0 heterocycles. The molecule has 0 aromatic heterocycles. The van der Waals surface area contributed by atoms with E-state index < -0.39 is 6.04 Å². The van der Waals surface area contributed by atoms with Crippen molar-refractivity contribution in [3.8, 4) is 0 Å². The lowest BCUT2D eigenvalue weighted by Crippen LogP contribution is -2.45. The Hall–Kier alpha value is -4.00. The summed E-state index contributed by atoms with van der Waals surface area (Å²) in [6, 6.07) is 17.7. The van der Waals surface area contributed by atoms with Crippen LogP contribution in [0.25, 0.3) is 10.8 Å². The SMILES string of the molecule is CCCCC(NC(=O)c1ccc(NC(=O)c2ccc3ccccc3c2)cc1C)C(=O)CNC(C)=O. The number of anilines is 1. The van der Waals surface area contributed by atoms with E-state index in [1.165, 1.54) is 6.92 Å². The molecule has 35 heavy (non-hydrogen) atoms. The molecule has 3 amide bonds. The minimum atomic E-state index is -0.680.